The summed E-state index contributed by atoms with van der Waals surface area (Å²) in [5.41, 5.74) is 2.35. The summed E-state index contributed by atoms with van der Waals surface area (Å²) in [5.74, 6) is 0.711. The van der Waals surface area contributed by atoms with Gasteiger partial charge in [-0.25, -0.2) is 19.0 Å². The second kappa shape index (κ2) is 11.2. The van der Waals surface area contributed by atoms with Gasteiger partial charge in [-0.3, -0.25) is 19.6 Å². The summed E-state index contributed by atoms with van der Waals surface area (Å²) >= 11 is 0. The Labute approximate surface area is 241 Å². The Morgan fingerprint density at radius 2 is 1.74 bits per heavy atom. The van der Waals surface area contributed by atoms with Gasteiger partial charge in [-0.1, -0.05) is 48.5 Å². The molecule has 1 fully saturated rings. The molecule has 3 amide bonds. The fourth-order valence-electron chi connectivity index (χ4n) is 5.36. The highest BCUT2D eigenvalue weighted by Crippen LogP contribution is 2.25. The van der Waals surface area contributed by atoms with E-state index in [4.69, 9.17) is 0 Å². The number of rotatable bonds is 7. The van der Waals surface area contributed by atoms with E-state index in [0.717, 1.165) is 11.4 Å². The Bertz CT molecular complexity index is 1810. The van der Waals surface area contributed by atoms with E-state index < -0.39 is 5.91 Å². The molecule has 0 radical (unpaired) electrons. The van der Waals surface area contributed by atoms with Crippen molar-refractivity contribution >= 4 is 29.2 Å². The second-order valence-corrected chi connectivity index (χ2v) is 10.1. The van der Waals surface area contributed by atoms with E-state index >= 15 is 0 Å². The highest BCUT2D eigenvalue weighted by atomic mass is 16.2. The van der Waals surface area contributed by atoms with Gasteiger partial charge in [0.25, 0.3) is 11.5 Å². The maximum Gasteiger partial charge on any atom is 0.320 e. The van der Waals surface area contributed by atoms with Crippen LogP contribution < -0.4 is 26.4 Å². The molecule has 4 heterocycles. The summed E-state index contributed by atoms with van der Waals surface area (Å²) < 4.78 is 4.88. The third-order valence-corrected chi connectivity index (χ3v) is 7.27. The minimum atomic E-state index is -0.407. The lowest BCUT2D eigenvalue weighted by Crippen LogP contribution is -2.39. The van der Waals surface area contributed by atoms with E-state index in [2.05, 4.69) is 30.9 Å². The van der Waals surface area contributed by atoms with Crippen LogP contribution in [-0.4, -0.2) is 61.6 Å². The van der Waals surface area contributed by atoms with E-state index in [1.54, 1.807) is 22.4 Å². The van der Waals surface area contributed by atoms with E-state index in [0.29, 0.717) is 48.9 Å². The summed E-state index contributed by atoms with van der Waals surface area (Å²) in [6.45, 7) is 3.56. The Balaban J connectivity index is 1.23. The molecular weight excluding hydrogens is 534 g/mol. The number of urea groups is 1. The molecule has 3 aromatic heterocycles. The van der Waals surface area contributed by atoms with Gasteiger partial charge in [0.1, 0.15) is 11.4 Å². The van der Waals surface area contributed by atoms with Gasteiger partial charge in [-0.05, 0) is 37.6 Å². The number of nitrogens with one attached hydrogen (secondary N) is 3. The largest absolute Gasteiger partial charge is 0.353 e. The van der Waals surface area contributed by atoms with Gasteiger partial charge in [0.2, 0.25) is 0 Å². The number of imidazole rings is 1. The highest BCUT2D eigenvalue weighted by Gasteiger charge is 2.30. The Morgan fingerprint density at radius 1 is 1.00 bits per heavy atom. The quantitative estimate of drug-likeness (QED) is 0.278. The third-order valence-electron chi connectivity index (χ3n) is 7.27. The molecule has 0 unspecified atom stereocenters. The van der Waals surface area contributed by atoms with Crippen molar-refractivity contribution in [1.29, 1.82) is 0 Å². The van der Waals surface area contributed by atoms with Crippen LogP contribution in [0.2, 0.25) is 0 Å². The number of nitrogens with zero attached hydrogens (tertiary/aromatic N) is 6. The zero-order valence-electron chi connectivity index (χ0n) is 23.3. The number of hydrogen-bond acceptors (Lipinski definition) is 6. The number of para-hydroxylation sites is 1. The summed E-state index contributed by atoms with van der Waals surface area (Å²) in [4.78, 5) is 45.8. The number of hydrogen-bond donors (Lipinski definition) is 3. The van der Waals surface area contributed by atoms with Crippen LogP contribution in [0, 0.1) is 0 Å². The van der Waals surface area contributed by atoms with E-state index in [1.165, 1.54) is 4.68 Å². The van der Waals surface area contributed by atoms with Crippen molar-refractivity contribution in [2.75, 3.05) is 29.9 Å². The van der Waals surface area contributed by atoms with Crippen molar-refractivity contribution < 1.29 is 9.59 Å². The smallest absolute Gasteiger partial charge is 0.320 e. The lowest BCUT2D eigenvalue weighted by Gasteiger charge is -2.18. The Hall–Kier alpha value is -5.39. The average molecular weight is 566 g/mol. The summed E-state index contributed by atoms with van der Waals surface area (Å²) in [6, 6.07) is 22.0. The lowest BCUT2D eigenvalue weighted by atomic mass is 10.1. The third kappa shape index (κ3) is 5.09. The van der Waals surface area contributed by atoms with Crippen LogP contribution in [0.15, 0.2) is 83.8 Å². The van der Waals surface area contributed by atoms with Crippen molar-refractivity contribution in [3.8, 4) is 16.9 Å². The first kappa shape index (κ1) is 26.8. The molecule has 5 aromatic rings. The standard InChI is InChI=1S/C30H31N9O3/c1-3-31-30(42)34-23-19-38-24(33-23)14-15-25(35-38)37-17-16-21(18-37)32-28(40)26-27(20-10-6-4-7-11-20)36(2)39(29(26)41)22-12-8-5-9-13-22/h4-15,19,21H,3,16-18H2,1-2H3,(H,32,40)(H2,31,34,42)/t21-/m0/s1. The molecule has 0 spiro atoms. The minimum absolute atomic E-state index is 0.108. The van der Waals surface area contributed by atoms with Crippen LogP contribution >= 0.6 is 0 Å². The van der Waals surface area contributed by atoms with Gasteiger partial charge in [0.05, 0.1) is 17.6 Å². The number of benzene rings is 2. The van der Waals surface area contributed by atoms with E-state index in [1.807, 2.05) is 79.7 Å². The fourth-order valence-corrected chi connectivity index (χ4v) is 5.36. The molecule has 0 saturated carbocycles. The lowest BCUT2D eigenvalue weighted by molar-refractivity contribution is 0.0940. The first-order valence-corrected chi connectivity index (χ1v) is 13.8. The molecule has 42 heavy (non-hydrogen) atoms. The molecule has 6 rings (SSSR count). The van der Waals surface area contributed by atoms with Crippen molar-refractivity contribution in [3.63, 3.8) is 0 Å². The first-order chi connectivity index (χ1) is 20.4. The normalized spacial score (nSPS) is 14.7. The second-order valence-electron chi connectivity index (χ2n) is 10.1. The predicted molar refractivity (Wildman–Crippen MR) is 160 cm³/mol. The Kier molecular flexibility index (Phi) is 7.17. The van der Waals surface area contributed by atoms with Crippen LogP contribution in [0.1, 0.15) is 23.7 Å². The number of aromatic nitrogens is 5. The fraction of sp³-hybridized carbons (Fsp3) is 0.233. The number of fused-ring (bicyclic) bond motifs is 1. The zero-order chi connectivity index (χ0) is 29.2. The average Bonchev–Trinajstić information content (AvgIpc) is 3.69. The molecule has 2 aromatic carbocycles. The molecule has 1 saturated heterocycles. The zero-order valence-corrected chi connectivity index (χ0v) is 23.3. The molecule has 0 aliphatic carbocycles. The minimum Gasteiger partial charge on any atom is -0.353 e. The van der Waals surface area contributed by atoms with Crippen molar-refractivity contribution in [2.45, 2.75) is 19.4 Å². The SMILES string of the molecule is CCNC(=O)Nc1cn2nc(N3CC[C@H](NC(=O)c4c(-c5ccccc5)n(C)n(-c5ccccc5)c4=O)C3)ccc2n1. The molecule has 1 aliphatic rings. The van der Waals surface area contributed by atoms with Crippen LogP contribution in [-0.2, 0) is 7.05 Å². The predicted octanol–water partition coefficient (Wildman–Crippen LogP) is 3.04. The Morgan fingerprint density at radius 3 is 2.48 bits per heavy atom. The van der Waals surface area contributed by atoms with Gasteiger partial charge >= 0.3 is 6.03 Å². The van der Waals surface area contributed by atoms with Gasteiger partial charge < -0.3 is 15.5 Å². The molecule has 0 bridgehead atoms. The molecule has 3 N–H and O–H groups in total. The van der Waals surface area contributed by atoms with E-state index in [9.17, 15) is 14.4 Å². The van der Waals surface area contributed by atoms with Gasteiger partial charge in [-0.15, -0.1) is 5.10 Å². The van der Waals surface area contributed by atoms with Crippen molar-refractivity contribution in [3.05, 3.63) is 94.9 Å². The molecular formula is C30H31N9O3. The van der Waals surface area contributed by atoms with Crippen LogP contribution in [0.25, 0.3) is 22.6 Å². The monoisotopic (exact) mass is 565 g/mol. The molecule has 1 atom stereocenters. The first-order valence-electron chi connectivity index (χ1n) is 13.8. The maximum absolute atomic E-state index is 13.7. The van der Waals surface area contributed by atoms with Crippen molar-refractivity contribution in [1.82, 2.24) is 34.6 Å². The molecule has 214 valence electrons. The molecule has 12 nitrogen and oxygen atoms in total. The van der Waals surface area contributed by atoms with Crippen LogP contribution in [0.4, 0.5) is 16.4 Å². The molecule has 12 heteroatoms. The number of amides is 3. The van der Waals surface area contributed by atoms with E-state index in [-0.39, 0.29) is 23.2 Å². The van der Waals surface area contributed by atoms with Gasteiger partial charge in [0, 0.05) is 38.3 Å². The topological polar surface area (TPSA) is 131 Å². The van der Waals surface area contributed by atoms with Crippen LogP contribution in [0.3, 0.4) is 0 Å². The summed E-state index contributed by atoms with van der Waals surface area (Å²) in [5, 5.41) is 13.1. The maximum atomic E-state index is 13.7. The molecule has 1 aliphatic heterocycles. The van der Waals surface area contributed by atoms with Crippen LogP contribution in [0.5, 0.6) is 0 Å². The van der Waals surface area contributed by atoms with Crippen molar-refractivity contribution in [2.24, 2.45) is 7.05 Å². The number of anilines is 2. The summed E-state index contributed by atoms with van der Waals surface area (Å²) in [7, 11) is 1.79. The van der Waals surface area contributed by atoms with Gasteiger partial charge in [-0.2, -0.15) is 0 Å². The van der Waals surface area contributed by atoms with Gasteiger partial charge in [0.15, 0.2) is 11.5 Å². The number of carbonyl (C=O) groups excluding carboxylic acids is 2. The summed E-state index contributed by atoms with van der Waals surface area (Å²) in [6.07, 6.45) is 2.35. The number of carbonyl (C=O) groups is 2. The highest BCUT2D eigenvalue weighted by molar-refractivity contribution is 6.00.